The quantitative estimate of drug-likeness (QED) is 0.493. The van der Waals surface area contributed by atoms with E-state index < -0.39 is 11.9 Å². The first kappa shape index (κ1) is 10.0. The zero-order chi connectivity index (χ0) is 9.73. The lowest BCUT2D eigenvalue weighted by molar-refractivity contribution is -0.109. The van der Waals surface area contributed by atoms with Crippen molar-refractivity contribution < 1.29 is 14.3 Å². The molecule has 0 bridgehead atoms. The number of alkyl carbamates (subject to hydrolysis) is 1. The van der Waals surface area contributed by atoms with Gasteiger partial charge in [0.2, 0.25) is 5.79 Å². The smallest absolute Gasteiger partial charge is 0.409 e. The molecule has 0 saturated heterocycles. The number of nitrogens with zero attached hydrogens (tertiary/aromatic N) is 1. The fourth-order valence-electron chi connectivity index (χ4n) is 0.810. The number of hydrogen-bond acceptors (Lipinski definition) is 6. The molecule has 1 atom stereocenters. The molecule has 1 aliphatic heterocycles. The standard InChI is InChI=1S/C6H9N3O3S/c1-12-5(11)8-6(2-3-10)7-4-13-9-6/h3-4,9H,2H2,1H3,(H,8,11). The van der Waals surface area contributed by atoms with Gasteiger partial charge in [0.05, 0.1) is 19.1 Å². The van der Waals surface area contributed by atoms with Crippen LogP contribution < -0.4 is 10.0 Å². The summed E-state index contributed by atoms with van der Waals surface area (Å²) in [6.07, 6.45) is 0.103. The van der Waals surface area contributed by atoms with Gasteiger partial charge in [-0.15, -0.1) is 0 Å². The summed E-state index contributed by atoms with van der Waals surface area (Å²) in [5.41, 5.74) is 1.51. The van der Waals surface area contributed by atoms with Gasteiger partial charge in [-0.1, -0.05) is 0 Å². The largest absolute Gasteiger partial charge is 0.453 e. The van der Waals surface area contributed by atoms with E-state index in [2.05, 4.69) is 19.8 Å². The number of aliphatic imine (C=N–C) groups is 1. The van der Waals surface area contributed by atoms with Crippen molar-refractivity contribution in [1.29, 1.82) is 0 Å². The maximum atomic E-state index is 10.9. The lowest BCUT2D eigenvalue weighted by Gasteiger charge is -2.23. The average Bonchev–Trinajstić information content (AvgIpc) is 2.54. The molecule has 1 heterocycles. The minimum Gasteiger partial charge on any atom is -0.453 e. The third kappa shape index (κ3) is 2.43. The molecule has 6 nitrogen and oxygen atoms in total. The van der Waals surface area contributed by atoms with Gasteiger partial charge in [0.15, 0.2) is 0 Å². The van der Waals surface area contributed by atoms with E-state index in [1.807, 2.05) is 0 Å². The van der Waals surface area contributed by atoms with Crippen molar-refractivity contribution in [3.63, 3.8) is 0 Å². The molecule has 0 spiro atoms. The highest BCUT2D eigenvalue weighted by atomic mass is 32.2. The molecule has 0 aromatic rings. The first-order chi connectivity index (χ1) is 6.22. The Hall–Kier alpha value is -1.08. The van der Waals surface area contributed by atoms with E-state index in [0.717, 1.165) is 0 Å². The van der Waals surface area contributed by atoms with Crippen LogP contribution in [-0.4, -0.2) is 30.8 Å². The fourth-order valence-corrected chi connectivity index (χ4v) is 1.48. The number of methoxy groups -OCH3 is 1. The van der Waals surface area contributed by atoms with E-state index in [4.69, 9.17) is 0 Å². The Morgan fingerprint density at radius 1 is 1.92 bits per heavy atom. The molecule has 2 N–H and O–H groups in total. The number of aldehydes is 1. The molecule has 0 fully saturated rings. The van der Waals surface area contributed by atoms with Gasteiger partial charge in [-0.25, -0.2) is 14.5 Å². The Balaban J connectivity index is 2.62. The van der Waals surface area contributed by atoms with Crippen LogP contribution in [0, 0.1) is 0 Å². The van der Waals surface area contributed by atoms with Gasteiger partial charge in [-0.2, -0.15) is 0 Å². The maximum absolute atomic E-state index is 10.9. The minimum absolute atomic E-state index is 0.0611. The number of hydrogen-bond donors (Lipinski definition) is 2. The zero-order valence-electron chi connectivity index (χ0n) is 6.94. The van der Waals surface area contributed by atoms with Crippen molar-refractivity contribution in [2.24, 2.45) is 4.99 Å². The second-order valence-corrected chi connectivity index (χ2v) is 2.95. The van der Waals surface area contributed by atoms with Gasteiger partial charge in [-0.05, 0) is 11.9 Å². The molecule has 1 unspecified atom stereocenters. The number of rotatable bonds is 3. The van der Waals surface area contributed by atoms with E-state index in [1.165, 1.54) is 24.6 Å². The van der Waals surface area contributed by atoms with Crippen molar-refractivity contribution in [2.45, 2.75) is 12.2 Å². The van der Waals surface area contributed by atoms with Crippen molar-refractivity contribution in [1.82, 2.24) is 10.0 Å². The van der Waals surface area contributed by atoms with Crippen LogP contribution in [0.15, 0.2) is 4.99 Å². The first-order valence-corrected chi connectivity index (χ1v) is 4.37. The summed E-state index contributed by atoms with van der Waals surface area (Å²) in [5, 5.41) is 2.42. The lowest BCUT2D eigenvalue weighted by atomic mass is 10.3. The molecule has 7 heteroatoms. The SMILES string of the molecule is COC(=O)NC1(CC=O)N=CSN1. The van der Waals surface area contributed by atoms with Crippen molar-refractivity contribution >= 4 is 29.9 Å². The summed E-state index contributed by atoms with van der Waals surface area (Å²) in [7, 11) is 1.25. The Kier molecular flexibility index (Phi) is 3.26. The van der Waals surface area contributed by atoms with Crippen LogP contribution in [0.3, 0.4) is 0 Å². The second-order valence-electron chi connectivity index (χ2n) is 2.30. The molecular formula is C6H9N3O3S. The first-order valence-electron chi connectivity index (χ1n) is 3.49. The normalized spacial score (nSPS) is 25.6. The topological polar surface area (TPSA) is 79.8 Å². The second kappa shape index (κ2) is 4.24. The third-order valence-electron chi connectivity index (χ3n) is 1.43. The van der Waals surface area contributed by atoms with Gasteiger partial charge in [-0.3, -0.25) is 5.32 Å². The predicted molar refractivity (Wildman–Crippen MR) is 48.2 cm³/mol. The van der Waals surface area contributed by atoms with Gasteiger partial charge >= 0.3 is 6.09 Å². The summed E-state index contributed by atoms with van der Waals surface area (Å²) < 4.78 is 7.18. The van der Waals surface area contributed by atoms with Crippen molar-refractivity contribution in [2.75, 3.05) is 7.11 Å². The fraction of sp³-hybridized carbons (Fsp3) is 0.500. The number of nitrogens with one attached hydrogen (secondary N) is 2. The van der Waals surface area contributed by atoms with Crippen LogP contribution in [0.5, 0.6) is 0 Å². The van der Waals surface area contributed by atoms with Crippen molar-refractivity contribution in [3.8, 4) is 0 Å². The maximum Gasteiger partial charge on any atom is 0.409 e. The molecule has 13 heavy (non-hydrogen) atoms. The van der Waals surface area contributed by atoms with Crippen LogP contribution in [0.25, 0.3) is 0 Å². The predicted octanol–water partition coefficient (Wildman–Crippen LogP) is -0.135. The Bertz CT molecular complexity index is 245. The van der Waals surface area contributed by atoms with E-state index in [1.54, 1.807) is 0 Å². The molecule has 72 valence electrons. The van der Waals surface area contributed by atoms with Gasteiger partial charge in [0, 0.05) is 0 Å². The van der Waals surface area contributed by atoms with Crippen molar-refractivity contribution in [3.05, 3.63) is 0 Å². The molecule has 0 saturated carbocycles. The molecule has 1 amide bonds. The van der Waals surface area contributed by atoms with Gasteiger partial charge in [0.1, 0.15) is 6.29 Å². The Labute approximate surface area is 79.2 Å². The highest BCUT2D eigenvalue weighted by Gasteiger charge is 2.33. The summed E-state index contributed by atoms with van der Waals surface area (Å²) >= 11 is 1.20. The lowest BCUT2D eigenvalue weighted by Crippen LogP contribution is -2.53. The Morgan fingerprint density at radius 2 is 2.69 bits per heavy atom. The molecule has 1 aliphatic rings. The molecule has 0 aromatic heterocycles. The number of carbonyl (C=O) groups is 2. The average molecular weight is 203 g/mol. The van der Waals surface area contributed by atoms with E-state index in [-0.39, 0.29) is 6.42 Å². The van der Waals surface area contributed by atoms with Gasteiger partial charge in [0.25, 0.3) is 0 Å². The summed E-state index contributed by atoms with van der Waals surface area (Å²) in [6.45, 7) is 0. The molecule has 0 aromatic carbocycles. The minimum atomic E-state index is -1.04. The molecule has 0 radical (unpaired) electrons. The van der Waals surface area contributed by atoms with E-state index >= 15 is 0 Å². The van der Waals surface area contributed by atoms with E-state index in [9.17, 15) is 9.59 Å². The van der Waals surface area contributed by atoms with Crippen LogP contribution in [0.2, 0.25) is 0 Å². The van der Waals surface area contributed by atoms with E-state index in [0.29, 0.717) is 6.29 Å². The summed E-state index contributed by atoms with van der Waals surface area (Å²) in [6, 6.07) is 0. The molecule has 0 aliphatic carbocycles. The molecule has 1 rings (SSSR count). The highest BCUT2D eigenvalue weighted by molar-refractivity contribution is 8.10. The van der Waals surface area contributed by atoms with Crippen LogP contribution >= 0.6 is 11.9 Å². The number of ether oxygens (including phenoxy) is 1. The summed E-state index contributed by atoms with van der Waals surface area (Å²) in [5.74, 6) is -1.04. The number of carbonyl (C=O) groups excluding carboxylic acids is 2. The highest BCUT2D eigenvalue weighted by Crippen LogP contribution is 2.17. The van der Waals surface area contributed by atoms with Crippen LogP contribution in [0.1, 0.15) is 6.42 Å². The summed E-state index contributed by atoms with van der Waals surface area (Å²) in [4.78, 5) is 25.1. The molecular weight excluding hydrogens is 194 g/mol. The van der Waals surface area contributed by atoms with Gasteiger partial charge < -0.3 is 9.53 Å². The van der Waals surface area contributed by atoms with Crippen LogP contribution in [-0.2, 0) is 9.53 Å². The zero-order valence-corrected chi connectivity index (χ0v) is 7.76. The third-order valence-corrected chi connectivity index (χ3v) is 2.09. The monoisotopic (exact) mass is 203 g/mol. The van der Waals surface area contributed by atoms with Crippen LogP contribution in [0.4, 0.5) is 4.79 Å². The Morgan fingerprint density at radius 3 is 3.15 bits per heavy atom. The number of amides is 1.